The number of nitrogens with one attached hydrogen (secondary N) is 1. The lowest BCUT2D eigenvalue weighted by Crippen LogP contribution is -2.26. The number of carbonyl (C=O) groups excluding carboxylic acids is 2. The standard InChI is InChI=1S/C6H5NO2/c1-4-5(8)2-3-7-6(4)9/h2-3H,1H2,(H,7,9). The van der Waals surface area contributed by atoms with Crippen LogP contribution < -0.4 is 5.32 Å². The van der Waals surface area contributed by atoms with E-state index in [-0.39, 0.29) is 11.4 Å². The number of ketones is 1. The Hall–Kier alpha value is -1.38. The van der Waals surface area contributed by atoms with Gasteiger partial charge in [0.15, 0.2) is 5.78 Å². The van der Waals surface area contributed by atoms with Gasteiger partial charge >= 0.3 is 0 Å². The third-order valence-corrected chi connectivity index (χ3v) is 1.02. The minimum Gasteiger partial charge on any atom is -0.328 e. The number of carbonyl (C=O) groups is 2. The molecule has 46 valence electrons. The highest BCUT2D eigenvalue weighted by Crippen LogP contribution is 1.98. The molecule has 0 bridgehead atoms. The van der Waals surface area contributed by atoms with E-state index in [9.17, 15) is 9.59 Å². The number of amides is 1. The fourth-order valence-corrected chi connectivity index (χ4v) is 0.493. The van der Waals surface area contributed by atoms with Gasteiger partial charge in [0.2, 0.25) is 0 Å². The van der Waals surface area contributed by atoms with Crippen LogP contribution in [0.1, 0.15) is 0 Å². The van der Waals surface area contributed by atoms with Gasteiger partial charge in [-0.3, -0.25) is 9.59 Å². The molecule has 1 aliphatic rings. The molecule has 0 aliphatic carbocycles. The Bertz CT molecular complexity index is 215. The van der Waals surface area contributed by atoms with Crippen LogP contribution in [0, 0.1) is 0 Å². The quantitative estimate of drug-likeness (QED) is 0.357. The highest BCUT2D eigenvalue weighted by Gasteiger charge is 2.14. The molecule has 0 unspecified atom stereocenters. The summed E-state index contributed by atoms with van der Waals surface area (Å²) in [5, 5.41) is 2.32. The highest BCUT2D eigenvalue weighted by molar-refractivity contribution is 6.24. The molecule has 3 heteroatoms. The summed E-state index contributed by atoms with van der Waals surface area (Å²) in [5.41, 5.74) is -0.00231. The zero-order chi connectivity index (χ0) is 6.85. The van der Waals surface area contributed by atoms with Gasteiger partial charge in [-0.1, -0.05) is 6.58 Å². The molecule has 3 nitrogen and oxygen atoms in total. The minimum absolute atomic E-state index is 0.00231. The number of rotatable bonds is 0. The van der Waals surface area contributed by atoms with E-state index in [0.717, 1.165) is 0 Å². The van der Waals surface area contributed by atoms with Crippen molar-refractivity contribution >= 4 is 11.7 Å². The van der Waals surface area contributed by atoms with Crippen molar-refractivity contribution in [3.05, 3.63) is 24.4 Å². The molecule has 0 radical (unpaired) electrons. The Balaban J connectivity index is 2.94. The lowest BCUT2D eigenvalue weighted by molar-refractivity contribution is -0.120. The van der Waals surface area contributed by atoms with Crippen LogP contribution in [0.4, 0.5) is 0 Å². The average molecular weight is 123 g/mol. The van der Waals surface area contributed by atoms with Gasteiger partial charge in [-0.15, -0.1) is 0 Å². The van der Waals surface area contributed by atoms with Gasteiger partial charge in [0.05, 0.1) is 5.57 Å². The van der Waals surface area contributed by atoms with Crippen LogP contribution in [0.25, 0.3) is 0 Å². The monoisotopic (exact) mass is 123 g/mol. The maximum atomic E-state index is 10.6. The van der Waals surface area contributed by atoms with Crippen molar-refractivity contribution in [3.63, 3.8) is 0 Å². The number of hydrogen-bond acceptors (Lipinski definition) is 2. The van der Waals surface area contributed by atoms with Gasteiger partial charge in [0.1, 0.15) is 0 Å². The second-order valence-electron chi connectivity index (χ2n) is 1.65. The summed E-state index contributed by atoms with van der Waals surface area (Å²) < 4.78 is 0. The van der Waals surface area contributed by atoms with Crippen molar-refractivity contribution in [3.8, 4) is 0 Å². The van der Waals surface area contributed by atoms with E-state index in [1.807, 2.05) is 0 Å². The van der Waals surface area contributed by atoms with E-state index in [1.165, 1.54) is 12.3 Å². The molecule has 1 N–H and O–H groups in total. The van der Waals surface area contributed by atoms with Crippen molar-refractivity contribution in [2.24, 2.45) is 0 Å². The van der Waals surface area contributed by atoms with Crippen LogP contribution in [0.5, 0.6) is 0 Å². The fraction of sp³-hybridized carbons (Fsp3) is 0. The Kier molecular flexibility index (Phi) is 1.18. The number of hydrogen-bond donors (Lipinski definition) is 1. The van der Waals surface area contributed by atoms with Gasteiger partial charge < -0.3 is 5.32 Å². The molecule has 0 aromatic carbocycles. The largest absolute Gasteiger partial charge is 0.328 e. The van der Waals surface area contributed by atoms with Crippen LogP contribution in [0.2, 0.25) is 0 Å². The molecule has 1 amide bonds. The van der Waals surface area contributed by atoms with Crippen LogP contribution in [-0.4, -0.2) is 11.7 Å². The summed E-state index contributed by atoms with van der Waals surface area (Å²) in [6.07, 6.45) is 2.57. The molecule has 1 heterocycles. The SMILES string of the molecule is C=C1C(=O)C=CNC1=O. The normalized spacial score (nSPS) is 18.0. The summed E-state index contributed by atoms with van der Waals surface area (Å²) in [6, 6.07) is 0. The molecule has 0 spiro atoms. The van der Waals surface area contributed by atoms with Crippen LogP contribution in [0.3, 0.4) is 0 Å². The van der Waals surface area contributed by atoms with E-state index >= 15 is 0 Å². The second kappa shape index (κ2) is 1.85. The van der Waals surface area contributed by atoms with Crippen molar-refractivity contribution in [2.45, 2.75) is 0 Å². The first-order valence-electron chi connectivity index (χ1n) is 2.42. The average Bonchev–Trinajstić information content (AvgIpc) is 1.83. The zero-order valence-corrected chi connectivity index (χ0v) is 4.68. The molecule has 0 atom stereocenters. The topological polar surface area (TPSA) is 46.2 Å². The smallest absolute Gasteiger partial charge is 0.258 e. The first kappa shape index (κ1) is 5.75. The highest BCUT2D eigenvalue weighted by atomic mass is 16.2. The van der Waals surface area contributed by atoms with E-state index in [0.29, 0.717) is 0 Å². The Labute approximate surface area is 52.1 Å². The van der Waals surface area contributed by atoms with Crippen molar-refractivity contribution in [2.75, 3.05) is 0 Å². The summed E-state index contributed by atoms with van der Waals surface area (Å²) in [4.78, 5) is 21.1. The molecule has 0 aromatic heterocycles. The predicted molar refractivity (Wildman–Crippen MR) is 31.4 cm³/mol. The molecule has 0 fully saturated rings. The Morgan fingerprint density at radius 3 is 2.56 bits per heavy atom. The third-order valence-electron chi connectivity index (χ3n) is 1.02. The van der Waals surface area contributed by atoms with Gasteiger partial charge in [-0.2, -0.15) is 0 Å². The first-order chi connectivity index (χ1) is 4.22. The zero-order valence-electron chi connectivity index (χ0n) is 4.68. The lowest BCUT2D eigenvalue weighted by atomic mass is 10.1. The maximum absolute atomic E-state index is 10.6. The summed E-state index contributed by atoms with van der Waals surface area (Å²) in [5.74, 6) is -0.735. The van der Waals surface area contributed by atoms with Crippen LogP contribution in [-0.2, 0) is 9.59 Å². The molecule has 0 aromatic rings. The van der Waals surface area contributed by atoms with Crippen LogP contribution in [0.15, 0.2) is 24.4 Å². The molecular formula is C6H5NO2. The first-order valence-corrected chi connectivity index (χ1v) is 2.42. The minimum atomic E-state index is -0.414. The van der Waals surface area contributed by atoms with Gasteiger partial charge in [-0.25, -0.2) is 0 Å². The predicted octanol–water partition coefficient (Wildman–Crippen LogP) is -0.245. The van der Waals surface area contributed by atoms with Crippen molar-refractivity contribution in [1.29, 1.82) is 0 Å². The third kappa shape index (κ3) is 0.887. The fourth-order valence-electron chi connectivity index (χ4n) is 0.493. The lowest BCUT2D eigenvalue weighted by Gasteiger charge is -2.04. The molecule has 0 saturated heterocycles. The van der Waals surface area contributed by atoms with Gasteiger partial charge in [0, 0.05) is 12.3 Å². The van der Waals surface area contributed by atoms with Gasteiger partial charge in [0.25, 0.3) is 5.91 Å². The van der Waals surface area contributed by atoms with E-state index in [2.05, 4.69) is 11.9 Å². The Morgan fingerprint density at radius 1 is 1.44 bits per heavy atom. The number of allylic oxidation sites excluding steroid dienone is 1. The second-order valence-corrected chi connectivity index (χ2v) is 1.65. The summed E-state index contributed by atoms with van der Waals surface area (Å²) in [7, 11) is 0. The van der Waals surface area contributed by atoms with Crippen LogP contribution >= 0.6 is 0 Å². The molecular weight excluding hydrogens is 118 g/mol. The summed E-state index contributed by atoms with van der Waals surface area (Å²) >= 11 is 0. The van der Waals surface area contributed by atoms with E-state index in [4.69, 9.17) is 0 Å². The maximum Gasteiger partial charge on any atom is 0.258 e. The van der Waals surface area contributed by atoms with Crippen molar-refractivity contribution in [1.82, 2.24) is 5.32 Å². The molecule has 0 saturated carbocycles. The van der Waals surface area contributed by atoms with Crippen molar-refractivity contribution < 1.29 is 9.59 Å². The summed E-state index contributed by atoms with van der Waals surface area (Å²) in [6.45, 7) is 3.26. The molecule has 9 heavy (non-hydrogen) atoms. The van der Waals surface area contributed by atoms with E-state index in [1.54, 1.807) is 0 Å². The Morgan fingerprint density at radius 2 is 2.11 bits per heavy atom. The van der Waals surface area contributed by atoms with E-state index < -0.39 is 5.91 Å². The molecule has 1 aliphatic heterocycles. The van der Waals surface area contributed by atoms with Gasteiger partial charge in [-0.05, 0) is 0 Å². The molecule has 1 rings (SSSR count).